The lowest BCUT2D eigenvalue weighted by atomic mass is 10.00. The molecule has 30 heavy (non-hydrogen) atoms. The molecule has 3 aromatic carbocycles. The Labute approximate surface area is 168 Å². The fourth-order valence-corrected chi connectivity index (χ4v) is 2.80. The first-order valence-electron chi connectivity index (χ1n) is 8.67. The fourth-order valence-electron chi connectivity index (χ4n) is 2.80. The minimum atomic E-state index is -2.35. The highest BCUT2D eigenvalue weighted by Gasteiger charge is 2.32. The van der Waals surface area contributed by atoms with E-state index >= 15 is 0 Å². The zero-order valence-electron chi connectivity index (χ0n) is 15.8. The number of hydrogen-bond donors (Lipinski definition) is 0. The van der Waals surface area contributed by atoms with Crippen LogP contribution in [0, 0.1) is 36.0 Å². The molecule has 1 unspecified atom stereocenters. The number of aryl methyl sites for hydroxylation is 1. The Morgan fingerprint density at radius 1 is 0.733 bits per heavy atom. The molecule has 0 amide bonds. The molecule has 0 fully saturated rings. The molecular formula is C22H15F5O3. The predicted octanol–water partition coefficient (Wildman–Crippen LogP) is 5.65. The van der Waals surface area contributed by atoms with Crippen molar-refractivity contribution < 1.29 is 36.2 Å². The summed E-state index contributed by atoms with van der Waals surface area (Å²) in [6, 6.07) is 12.9. The normalized spacial score (nSPS) is 11.8. The largest absolute Gasteiger partial charge is 0.497 e. The number of rotatable bonds is 5. The summed E-state index contributed by atoms with van der Waals surface area (Å²) in [7, 11) is 1.45. The van der Waals surface area contributed by atoms with Gasteiger partial charge in [0.2, 0.25) is 5.82 Å². The third-order valence-corrected chi connectivity index (χ3v) is 4.44. The standard InChI is InChI=1S/C22H15F5O3/c1-11-3-5-12(6-4-11)21(13-7-9-14(29-2)10-8-13)30-22(28)15-16(23)18(25)20(27)19(26)17(15)24/h3-10,21H,1-2H3. The fraction of sp³-hybridized carbons (Fsp3) is 0.136. The van der Waals surface area contributed by atoms with Gasteiger partial charge in [-0.25, -0.2) is 26.7 Å². The zero-order valence-corrected chi connectivity index (χ0v) is 15.8. The summed E-state index contributed by atoms with van der Waals surface area (Å²) in [6.07, 6.45) is -1.17. The van der Waals surface area contributed by atoms with E-state index in [0.29, 0.717) is 16.9 Å². The van der Waals surface area contributed by atoms with E-state index in [1.165, 1.54) is 7.11 Å². The van der Waals surface area contributed by atoms with E-state index in [9.17, 15) is 26.7 Å². The minimum Gasteiger partial charge on any atom is -0.497 e. The average molecular weight is 422 g/mol. The predicted molar refractivity (Wildman–Crippen MR) is 97.7 cm³/mol. The van der Waals surface area contributed by atoms with Crippen molar-refractivity contribution in [3.05, 3.63) is 99.9 Å². The monoisotopic (exact) mass is 422 g/mol. The van der Waals surface area contributed by atoms with Crippen molar-refractivity contribution in [3.63, 3.8) is 0 Å². The van der Waals surface area contributed by atoms with Crippen molar-refractivity contribution in [2.24, 2.45) is 0 Å². The number of carbonyl (C=O) groups excluding carboxylic acids is 1. The summed E-state index contributed by atoms with van der Waals surface area (Å²) in [6.45, 7) is 1.83. The number of halogens is 5. The maximum atomic E-state index is 14.0. The molecule has 156 valence electrons. The lowest BCUT2D eigenvalue weighted by Gasteiger charge is -2.20. The van der Waals surface area contributed by atoms with Gasteiger partial charge in [0, 0.05) is 0 Å². The van der Waals surface area contributed by atoms with Crippen LogP contribution in [0.25, 0.3) is 0 Å². The Morgan fingerprint density at radius 3 is 1.63 bits per heavy atom. The molecule has 3 aromatic rings. The first-order valence-corrected chi connectivity index (χ1v) is 8.67. The molecule has 0 saturated heterocycles. The van der Waals surface area contributed by atoms with E-state index in [4.69, 9.17) is 9.47 Å². The molecule has 0 aliphatic heterocycles. The van der Waals surface area contributed by atoms with Gasteiger partial charge < -0.3 is 9.47 Å². The first kappa shape index (κ1) is 21.3. The Balaban J connectivity index is 2.05. The molecule has 0 N–H and O–H groups in total. The van der Waals surface area contributed by atoms with E-state index in [-0.39, 0.29) is 0 Å². The Morgan fingerprint density at radius 2 is 1.17 bits per heavy atom. The molecule has 0 spiro atoms. The van der Waals surface area contributed by atoms with Gasteiger partial charge in [-0.05, 0) is 30.2 Å². The molecule has 0 aromatic heterocycles. The molecule has 3 nitrogen and oxygen atoms in total. The average Bonchev–Trinajstić information content (AvgIpc) is 2.75. The van der Waals surface area contributed by atoms with Crippen molar-refractivity contribution >= 4 is 5.97 Å². The maximum Gasteiger partial charge on any atom is 0.345 e. The summed E-state index contributed by atoms with van der Waals surface area (Å²) in [4.78, 5) is 12.5. The topological polar surface area (TPSA) is 35.5 Å². The van der Waals surface area contributed by atoms with Crippen LogP contribution in [0.5, 0.6) is 5.75 Å². The number of carbonyl (C=O) groups is 1. The number of methoxy groups -OCH3 is 1. The van der Waals surface area contributed by atoms with Gasteiger partial charge in [0.15, 0.2) is 29.4 Å². The van der Waals surface area contributed by atoms with E-state index in [2.05, 4.69) is 0 Å². The first-order chi connectivity index (χ1) is 14.2. The summed E-state index contributed by atoms with van der Waals surface area (Å²) in [5.74, 6) is -12.5. The third kappa shape index (κ3) is 3.98. The summed E-state index contributed by atoms with van der Waals surface area (Å²) in [5, 5.41) is 0. The summed E-state index contributed by atoms with van der Waals surface area (Å²) < 4.78 is 78.6. The van der Waals surface area contributed by atoms with E-state index in [1.807, 2.05) is 6.92 Å². The Kier molecular flexibility index (Phi) is 6.05. The van der Waals surface area contributed by atoms with E-state index in [0.717, 1.165) is 5.56 Å². The second-order valence-electron chi connectivity index (χ2n) is 6.41. The summed E-state index contributed by atoms with van der Waals surface area (Å²) in [5.41, 5.74) is 0.0789. The van der Waals surface area contributed by atoms with Crippen LogP contribution >= 0.6 is 0 Å². The van der Waals surface area contributed by atoms with Gasteiger partial charge in [0.05, 0.1) is 7.11 Å². The molecule has 3 rings (SSSR count). The van der Waals surface area contributed by atoms with E-state index < -0.39 is 46.7 Å². The highest BCUT2D eigenvalue weighted by atomic mass is 19.2. The van der Waals surface area contributed by atoms with Crippen molar-refractivity contribution in [1.29, 1.82) is 0 Å². The lowest BCUT2D eigenvalue weighted by molar-refractivity contribution is 0.0363. The van der Waals surface area contributed by atoms with Crippen LogP contribution in [0.4, 0.5) is 22.0 Å². The molecule has 0 aliphatic carbocycles. The van der Waals surface area contributed by atoms with Crippen molar-refractivity contribution in [2.45, 2.75) is 13.0 Å². The molecule has 0 bridgehead atoms. The van der Waals surface area contributed by atoms with Crippen LogP contribution in [0.15, 0.2) is 48.5 Å². The smallest absolute Gasteiger partial charge is 0.345 e. The van der Waals surface area contributed by atoms with Gasteiger partial charge >= 0.3 is 5.97 Å². The third-order valence-electron chi connectivity index (χ3n) is 4.44. The number of benzene rings is 3. The Bertz CT molecular complexity index is 1050. The van der Waals surface area contributed by atoms with Crippen molar-refractivity contribution in [3.8, 4) is 5.75 Å². The van der Waals surface area contributed by atoms with Gasteiger partial charge in [-0.15, -0.1) is 0 Å². The minimum absolute atomic E-state index is 0.400. The molecular weight excluding hydrogens is 407 g/mol. The SMILES string of the molecule is COc1ccc(C(OC(=O)c2c(F)c(F)c(F)c(F)c2F)c2ccc(C)cc2)cc1. The van der Waals surface area contributed by atoms with Gasteiger partial charge in [-0.3, -0.25) is 0 Å². The quantitative estimate of drug-likeness (QED) is 0.231. The van der Waals surface area contributed by atoms with Crippen LogP contribution in [-0.2, 0) is 4.74 Å². The van der Waals surface area contributed by atoms with Gasteiger partial charge in [-0.2, -0.15) is 0 Å². The van der Waals surface area contributed by atoms with Crippen LogP contribution < -0.4 is 4.74 Å². The van der Waals surface area contributed by atoms with Crippen molar-refractivity contribution in [1.82, 2.24) is 0 Å². The molecule has 0 saturated carbocycles. The highest BCUT2D eigenvalue weighted by molar-refractivity contribution is 5.90. The van der Waals surface area contributed by atoms with Gasteiger partial charge in [0.25, 0.3) is 0 Å². The van der Waals surface area contributed by atoms with Crippen LogP contribution in [0.3, 0.4) is 0 Å². The van der Waals surface area contributed by atoms with Crippen molar-refractivity contribution in [2.75, 3.05) is 7.11 Å². The van der Waals surface area contributed by atoms with Crippen LogP contribution in [0.1, 0.15) is 33.2 Å². The number of hydrogen-bond acceptors (Lipinski definition) is 3. The lowest BCUT2D eigenvalue weighted by Crippen LogP contribution is -2.18. The van der Waals surface area contributed by atoms with Crippen LogP contribution in [0.2, 0.25) is 0 Å². The second kappa shape index (κ2) is 8.52. The molecule has 0 heterocycles. The number of ether oxygens (including phenoxy) is 2. The highest BCUT2D eigenvalue weighted by Crippen LogP contribution is 2.31. The van der Waals surface area contributed by atoms with Crippen LogP contribution in [-0.4, -0.2) is 13.1 Å². The molecule has 8 heteroatoms. The molecule has 1 atom stereocenters. The Hall–Kier alpha value is -3.42. The van der Waals surface area contributed by atoms with E-state index in [1.54, 1.807) is 48.5 Å². The molecule has 0 aliphatic rings. The number of esters is 1. The maximum absolute atomic E-state index is 14.0. The summed E-state index contributed by atoms with van der Waals surface area (Å²) >= 11 is 0. The molecule has 0 radical (unpaired) electrons. The second-order valence-corrected chi connectivity index (χ2v) is 6.41. The van der Waals surface area contributed by atoms with Gasteiger partial charge in [-0.1, -0.05) is 42.0 Å². The zero-order chi connectivity index (χ0) is 22.0. The van der Waals surface area contributed by atoms with Gasteiger partial charge in [0.1, 0.15) is 11.3 Å².